The number of hydrogen-bond acceptors (Lipinski definition) is 2. The molecule has 0 saturated heterocycles. The van der Waals surface area contributed by atoms with Gasteiger partial charge in [-0.15, -0.1) is 0 Å². The lowest BCUT2D eigenvalue weighted by Crippen LogP contribution is -2.25. The zero-order chi connectivity index (χ0) is 22.7. The Morgan fingerprint density at radius 1 is 0.500 bits per heavy atom. The van der Waals surface area contributed by atoms with E-state index in [1.54, 1.807) is 0 Å². The molecule has 5 aromatic rings. The molecule has 2 aliphatic carbocycles. The van der Waals surface area contributed by atoms with E-state index in [0.717, 1.165) is 11.1 Å². The van der Waals surface area contributed by atoms with Gasteiger partial charge in [0, 0.05) is 5.56 Å². The quantitative estimate of drug-likeness (QED) is 0.328. The van der Waals surface area contributed by atoms with Gasteiger partial charge in [-0.3, -0.25) is 0 Å². The number of hydrogen-bond donors (Lipinski definition) is 1. The zero-order valence-electron chi connectivity index (χ0n) is 18.5. The largest absolute Gasteiger partial charge is 0.538 e. The molecule has 0 amide bonds. The SMILES string of the molecule is OBOc1ccccc1-c1ccc2c(c1)-c1ccccc1C21c2ccccc2-c2ccccc21. The molecule has 160 valence electrons. The van der Waals surface area contributed by atoms with E-state index in [2.05, 4.69) is 91.0 Å². The van der Waals surface area contributed by atoms with Crippen molar-refractivity contribution in [3.8, 4) is 39.1 Å². The minimum atomic E-state index is -0.346. The Labute approximate surface area is 199 Å². The highest BCUT2D eigenvalue weighted by atomic mass is 16.5. The van der Waals surface area contributed by atoms with Crippen LogP contribution in [0.25, 0.3) is 33.4 Å². The van der Waals surface area contributed by atoms with Gasteiger partial charge in [0.05, 0.1) is 5.41 Å². The standard InChI is InChI=1S/C31H21BO2/c33-32-34-30-16-8-4-9-21(30)20-17-18-29-25(19-20)24-12-3-7-15-28(24)31(29)26-13-5-1-10-22(26)23-11-2-6-14-27(23)31/h1-19,32-33H. The van der Waals surface area contributed by atoms with E-state index in [0.29, 0.717) is 5.75 Å². The third-order valence-corrected chi connectivity index (χ3v) is 7.42. The Morgan fingerprint density at radius 2 is 0.971 bits per heavy atom. The molecule has 1 N–H and O–H groups in total. The van der Waals surface area contributed by atoms with Crippen LogP contribution in [0.1, 0.15) is 22.3 Å². The van der Waals surface area contributed by atoms with Gasteiger partial charge < -0.3 is 9.68 Å². The highest BCUT2D eigenvalue weighted by molar-refractivity contribution is 6.17. The van der Waals surface area contributed by atoms with E-state index < -0.39 is 0 Å². The van der Waals surface area contributed by atoms with Gasteiger partial charge in [-0.1, -0.05) is 103 Å². The third kappa shape index (κ3) is 2.40. The van der Waals surface area contributed by atoms with Crippen molar-refractivity contribution in [1.29, 1.82) is 0 Å². The van der Waals surface area contributed by atoms with E-state index in [1.165, 1.54) is 44.5 Å². The number of fused-ring (bicyclic) bond motifs is 10. The summed E-state index contributed by atoms with van der Waals surface area (Å²) >= 11 is 0. The lowest BCUT2D eigenvalue weighted by atomic mass is 9.70. The minimum Gasteiger partial charge on any atom is -0.538 e. The predicted molar refractivity (Wildman–Crippen MR) is 138 cm³/mol. The first-order valence-electron chi connectivity index (χ1n) is 11.6. The van der Waals surface area contributed by atoms with Crippen LogP contribution in [0, 0.1) is 0 Å². The fraction of sp³-hybridized carbons (Fsp3) is 0.0323. The van der Waals surface area contributed by atoms with Crippen LogP contribution in [0.3, 0.4) is 0 Å². The highest BCUT2D eigenvalue weighted by Gasteiger charge is 2.51. The Kier molecular flexibility index (Phi) is 4.11. The predicted octanol–water partition coefficient (Wildman–Crippen LogP) is 6.33. The molecule has 2 aliphatic rings. The summed E-state index contributed by atoms with van der Waals surface area (Å²) in [6.45, 7) is 0. The van der Waals surface area contributed by atoms with Crippen LogP contribution in [0.15, 0.2) is 115 Å². The molecular weight excluding hydrogens is 415 g/mol. The summed E-state index contributed by atoms with van der Waals surface area (Å²) in [4.78, 5) is 0. The molecule has 7 rings (SSSR count). The first-order chi connectivity index (χ1) is 16.8. The van der Waals surface area contributed by atoms with Crippen molar-refractivity contribution in [2.75, 3.05) is 0 Å². The van der Waals surface area contributed by atoms with E-state index >= 15 is 0 Å². The van der Waals surface area contributed by atoms with Gasteiger partial charge in [-0.05, 0) is 62.2 Å². The Bertz CT molecular complexity index is 1540. The van der Waals surface area contributed by atoms with Crippen LogP contribution in [0.4, 0.5) is 0 Å². The van der Waals surface area contributed by atoms with E-state index in [-0.39, 0.29) is 13.1 Å². The first-order valence-corrected chi connectivity index (χ1v) is 11.6. The molecule has 5 aromatic carbocycles. The normalized spacial score (nSPS) is 13.7. The highest BCUT2D eigenvalue weighted by Crippen LogP contribution is 2.62. The summed E-state index contributed by atoms with van der Waals surface area (Å²) in [5.41, 5.74) is 12.2. The monoisotopic (exact) mass is 436 g/mol. The summed E-state index contributed by atoms with van der Waals surface area (Å²) in [6.07, 6.45) is 0. The molecule has 0 fully saturated rings. The molecule has 1 spiro atoms. The Hall–Kier alpha value is -4.08. The lowest BCUT2D eigenvalue weighted by Gasteiger charge is -2.30. The van der Waals surface area contributed by atoms with Gasteiger partial charge in [-0.2, -0.15) is 0 Å². The van der Waals surface area contributed by atoms with Crippen LogP contribution in [-0.2, 0) is 5.41 Å². The molecule has 0 radical (unpaired) electrons. The molecular formula is C31H21BO2. The van der Waals surface area contributed by atoms with Gasteiger partial charge in [0.25, 0.3) is 0 Å². The van der Waals surface area contributed by atoms with Crippen molar-refractivity contribution < 1.29 is 9.68 Å². The topological polar surface area (TPSA) is 29.5 Å². The molecule has 0 unspecified atom stereocenters. The molecule has 2 nitrogen and oxygen atoms in total. The van der Waals surface area contributed by atoms with Crippen LogP contribution < -0.4 is 4.65 Å². The molecule has 3 heteroatoms. The van der Waals surface area contributed by atoms with E-state index in [9.17, 15) is 5.02 Å². The summed E-state index contributed by atoms with van der Waals surface area (Å²) in [7, 11) is -0.346. The Morgan fingerprint density at radius 3 is 1.56 bits per heavy atom. The minimum absolute atomic E-state index is 0.321. The van der Waals surface area contributed by atoms with Crippen LogP contribution >= 0.6 is 0 Å². The van der Waals surface area contributed by atoms with Gasteiger partial charge in [0.2, 0.25) is 0 Å². The van der Waals surface area contributed by atoms with Gasteiger partial charge in [0.1, 0.15) is 5.75 Å². The van der Waals surface area contributed by atoms with Crippen molar-refractivity contribution in [1.82, 2.24) is 0 Å². The maximum absolute atomic E-state index is 9.38. The Balaban J connectivity index is 1.56. The smallest absolute Gasteiger partial charge is 0.504 e. The number of benzene rings is 5. The molecule has 0 bridgehead atoms. The van der Waals surface area contributed by atoms with E-state index in [4.69, 9.17) is 4.65 Å². The summed E-state index contributed by atoms with van der Waals surface area (Å²) in [5, 5.41) is 9.38. The maximum Gasteiger partial charge on any atom is 0.504 e. The second-order valence-corrected chi connectivity index (χ2v) is 8.92. The maximum atomic E-state index is 9.38. The average Bonchev–Trinajstić information content (AvgIpc) is 3.36. The van der Waals surface area contributed by atoms with Crippen molar-refractivity contribution >= 4 is 7.69 Å². The van der Waals surface area contributed by atoms with Gasteiger partial charge >= 0.3 is 7.69 Å². The van der Waals surface area contributed by atoms with Gasteiger partial charge in [0.15, 0.2) is 0 Å². The van der Waals surface area contributed by atoms with Crippen LogP contribution in [0.2, 0.25) is 0 Å². The zero-order valence-corrected chi connectivity index (χ0v) is 18.5. The molecule has 34 heavy (non-hydrogen) atoms. The fourth-order valence-electron chi connectivity index (χ4n) is 6.17. The fourth-order valence-corrected chi connectivity index (χ4v) is 6.17. The average molecular weight is 436 g/mol. The molecule has 0 aromatic heterocycles. The number of rotatable bonds is 3. The van der Waals surface area contributed by atoms with Crippen molar-refractivity contribution in [2.45, 2.75) is 5.41 Å². The molecule has 0 saturated carbocycles. The first kappa shape index (κ1) is 19.4. The van der Waals surface area contributed by atoms with Crippen molar-refractivity contribution in [3.05, 3.63) is 138 Å². The van der Waals surface area contributed by atoms with Crippen molar-refractivity contribution in [2.24, 2.45) is 0 Å². The second-order valence-electron chi connectivity index (χ2n) is 8.92. The van der Waals surface area contributed by atoms with E-state index in [1.807, 2.05) is 24.3 Å². The molecule has 0 atom stereocenters. The summed E-state index contributed by atoms with van der Waals surface area (Å²) in [6, 6.07) is 41.1. The summed E-state index contributed by atoms with van der Waals surface area (Å²) < 4.78 is 5.52. The van der Waals surface area contributed by atoms with Crippen LogP contribution in [-0.4, -0.2) is 12.7 Å². The van der Waals surface area contributed by atoms with Crippen LogP contribution in [0.5, 0.6) is 5.75 Å². The second kappa shape index (κ2) is 7.21. The number of para-hydroxylation sites is 1. The summed E-state index contributed by atoms with van der Waals surface area (Å²) in [5.74, 6) is 0.683. The molecule has 0 aliphatic heterocycles. The lowest BCUT2D eigenvalue weighted by molar-refractivity contribution is 0.455. The van der Waals surface area contributed by atoms with Crippen molar-refractivity contribution in [3.63, 3.8) is 0 Å². The molecule has 0 heterocycles. The third-order valence-electron chi connectivity index (χ3n) is 7.42. The van der Waals surface area contributed by atoms with Gasteiger partial charge in [-0.25, -0.2) is 0 Å².